The van der Waals surface area contributed by atoms with Crippen molar-refractivity contribution in [2.45, 2.75) is 23.8 Å². The number of benzene rings is 1. The van der Waals surface area contributed by atoms with Crippen LogP contribution in [0.3, 0.4) is 0 Å². The van der Waals surface area contributed by atoms with Crippen molar-refractivity contribution in [3.8, 4) is 42.0 Å². The normalized spacial score (nSPS) is 13.7. The highest BCUT2D eigenvalue weighted by atomic mass is 32.2. The predicted octanol–water partition coefficient (Wildman–Crippen LogP) is 13.5. The van der Waals surface area contributed by atoms with Gasteiger partial charge < -0.3 is 17.6 Å². The second-order valence-corrected chi connectivity index (χ2v) is 20.2. The molecule has 248 valence electrons. The molecule has 0 fully saturated rings. The Labute approximate surface area is 318 Å². The van der Waals surface area contributed by atoms with Crippen molar-refractivity contribution in [1.29, 1.82) is 0 Å². The molecule has 0 saturated carbocycles. The van der Waals surface area contributed by atoms with Crippen molar-refractivity contribution < 1.29 is 8.63 Å². The summed E-state index contributed by atoms with van der Waals surface area (Å²) in [7, 11) is 0. The van der Waals surface area contributed by atoms with E-state index >= 15 is 8.63 Å². The molecule has 0 N–H and O–H groups in total. The van der Waals surface area contributed by atoms with Crippen LogP contribution in [0.15, 0.2) is 102 Å². The third-order valence-corrected chi connectivity index (χ3v) is 17.4. The van der Waals surface area contributed by atoms with Crippen molar-refractivity contribution >= 4 is 99.4 Å². The Morgan fingerprint density at radius 2 is 0.898 bits per heavy atom. The number of nitrogens with zero attached hydrogens (tertiary/aromatic N) is 2. The summed E-state index contributed by atoms with van der Waals surface area (Å²) in [5.41, 5.74) is 5.99. The zero-order valence-electron chi connectivity index (χ0n) is 27.1. The van der Waals surface area contributed by atoms with Gasteiger partial charge in [0.05, 0.1) is 33.8 Å². The lowest BCUT2D eigenvalue weighted by molar-refractivity contribution is 0.525. The molecule has 8 rings (SSSR count). The van der Waals surface area contributed by atoms with Crippen LogP contribution < -0.4 is 0 Å². The smallest absolute Gasteiger partial charge is 0.437 e. The van der Waals surface area contributed by atoms with E-state index in [1.165, 1.54) is 8.96 Å². The van der Waals surface area contributed by atoms with Crippen molar-refractivity contribution in [3.05, 3.63) is 113 Å². The molecule has 0 unspecified atom stereocenters. The fourth-order valence-electron chi connectivity index (χ4n) is 6.48. The monoisotopic (exact) mass is 794 g/mol. The highest BCUT2D eigenvalue weighted by Crippen LogP contribution is 2.54. The quantitative estimate of drug-likeness (QED) is 0.0818. The average molecular weight is 795 g/mol. The number of fused-ring (bicyclic) bond motifs is 2. The number of rotatable bonds is 9. The van der Waals surface area contributed by atoms with Crippen molar-refractivity contribution in [2.24, 2.45) is 0 Å². The van der Waals surface area contributed by atoms with Gasteiger partial charge >= 0.3 is 6.97 Å². The minimum absolute atomic E-state index is 0.548. The minimum Gasteiger partial charge on any atom is -0.437 e. The van der Waals surface area contributed by atoms with Gasteiger partial charge in [-0.05, 0) is 98.2 Å². The Morgan fingerprint density at radius 3 is 1.27 bits per heavy atom. The summed E-state index contributed by atoms with van der Waals surface area (Å²) >= 11 is 13.1. The van der Waals surface area contributed by atoms with Gasteiger partial charge in [-0.1, -0.05) is 0 Å². The number of aromatic nitrogens is 2. The maximum Gasteiger partial charge on any atom is 0.535 e. The minimum atomic E-state index is -4.35. The van der Waals surface area contributed by atoms with E-state index in [1.54, 1.807) is 92.4 Å². The fraction of sp³-hybridized carbons (Fsp3) is 0.139. The first-order valence-corrected chi connectivity index (χ1v) is 23.5. The number of aryl methyl sites for hydroxylation is 1. The molecule has 13 heteroatoms. The van der Waals surface area contributed by atoms with Crippen LogP contribution in [0, 0.1) is 12.8 Å². The Balaban J connectivity index is 1.49. The van der Waals surface area contributed by atoms with E-state index in [0.29, 0.717) is 22.8 Å². The maximum atomic E-state index is 18.2. The molecule has 0 saturated heterocycles. The number of hydrogen-bond donors (Lipinski definition) is 0. The summed E-state index contributed by atoms with van der Waals surface area (Å²) in [6, 6.07) is 28.9. The number of thioether (sulfide) groups is 4. The number of hydrogen-bond acceptors (Lipinski definition) is 8. The summed E-state index contributed by atoms with van der Waals surface area (Å²) in [5, 5.41) is 0. The highest BCUT2D eigenvalue weighted by Gasteiger charge is 2.49. The van der Waals surface area contributed by atoms with Gasteiger partial charge in [-0.2, -0.15) is 0 Å². The van der Waals surface area contributed by atoms with Gasteiger partial charge in [-0.15, -0.1) is 92.4 Å². The molecule has 0 radical (unpaired) electrons. The fourth-order valence-corrected chi connectivity index (χ4v) is 12.8. The topological polar surface area (TPSA) is 9.86 Å². The first-order chi connectivity index (χ1) is 23.7. The van der Waals surface area contributed by atoms with Gasteiger partial charge in [-0.3, -0.25) is 0 Å². The van der Waals surface area contributed by atoms with E-state index in [0.717, 1.165) is 64.5 Å². The van der Waals surface area contributed by atoms with Gasteiger partial charge in [0.2, 0.25) is 0 Å². The van der Waals surface area contributed by atoms with E-state index in [2.05, 4.69) is 80.1 Å². The molecule has 1 aliphatic heterocycles. The van der Waals surface area contributed by atoms with Crippen molar-refractivity contribution in [2.75, 3.05) is 25.0 Å². The molecule has 7 heterocycles. The van der Waals surface area contributed by atoms with Crippen LogP contribution in [-0.2, 0) is 0 Å². The molecule has 0 spiro atoms. The van der Waals surface area contributed by atoms with Gasteiger partial charge in [0, 0.05) is 66.3 Å². The lowest BCUT2D eigenvalue weighted by atomic mass is 9.82. The molecule has 0 atom stereocenters. The third kappa shape index (κ3) is 5.73. The molecular formula is C36H29BF2N2S8. The molecule has 0 bridgehead atoms. The predicted molar refractivity (Wildman–Crippen MR) is 220 cm³/mol. The van der Waals surface area contributed by atoms with E-state index in [1.807, 2.05) is 36.8 Å². The summed E-state index contributed by atoms with van der Waals surface area (Å²) in [4.78, 5) is 3.67. The highest BCUT2D eigenvalue weighted by molar-refractivity contribution is 8.01. The number of thiophene rings is 4. The van der Waals surface area contributed by atoms with E-state index in [4.69, 9.17) is 0 Å². The van der Waals surface area contributed by atoms with Crippen LogP contribution in [-0.4, -0.2) is 40.9 Å². The molecule has 49 heavy (non-hydrogen) atoms. The van der Waals surface area contributed by atoms with Gasteiger partial charge in [0.1, 0.15) is 5.92 Å². The standard InChI is InChI=1S/C36H29BF2N2S8/c1-20-6-8-21(9-7-20)34-24-18-22(26-10-14-30(42-2)46-26)35(28-12-16-32(44-4)48-28)40(24)37(38,39)41-25(34)19-23(27-11-15-31(43-3)47-27)36(41)29-13-17-33(45-5)49-29/h6-19H,1-5H3. The molecule has 6 aromatic heterocycles. The van der Waals surface area contributed by atoms with Gasteiger partial charge in [0.15, 0.2) is 0 Å². The molecule has 1 aromatic carbocycles. The summed E-state index contributed by atoms with van der Waals surface area (Å²) < 4.78 is 43.7. The summed E-state index contributed by atoms with van der Waals surface area (Å²) in [6.45, 7) is -2.29. The van der Waals surface area contributed by atoms with Crippen LogP contribution in [0.1, 0.15) is 22.5 Å². The van der Waals surface area contributed by atoms with Crippen LogP contribution in [0.25, 0.3) is 42.0 Å². The van der Waals surface area contributed by atoms with Crippen LogP contribution >= 0.6 is 92.4 Å². The van der Waals surface area contributed by atoms with Crippen molar-refractivity contribution in [1.82, 2.24) is 8.96 Å². The number of halogens is 2. The SMILES string of the molecule is CSc1ccc(-c2cc3n(c2-c2ccc(SC)s2)[B-](F)(F)n2c(cc(-c4ccc(SC)s4)c2-c2ccc(SC)s2)[C+]3c2ccc(C)cc2)s1. The van der Waals surface area contributed by atoms with Crippen LogP contribution in [0.5, 0.6) is 0 Å². The van der Waals surface area contributed by atoms with E-state index < -0.39 is 6.97 Å². The van der Waals surface area contributed by atoms with Crippen molar-refractivity contribution in [3.63, 3.8) is 0 Å². The second kappa shape index (κ2) is 13.4. The van der Waals surface area contributed by atoms with E-state index in [9.17, 15) is 0 Å². The second-order valence-electron chi connectivity index (χ2n) is 11.4. The average Bonchev–Trinajstić information content (AvgIpc) is 3.95. The first-order valence-electron chi connectivity index (χ1n) is 15.3. The van der Waals surface area contributed by atoms with Gasteiger partial charge in [-0.25, -0.2) is 0 Å². The zero-order chi connectivity index (χ0) is 34.0. The largest absolute Gasteiger partial charge is 0.535 e. The Bertz CT molecular complexity index is 2170. The molecule has 1 aliphatic rings. The lowest BCUT2D eigenvalue weighted by Crippen LogP contribution is -2.49. The molecule has 2 nitrogen and oxygen atoms in total. The maximum absolute atomic E-state index is 18.2. The third-order valence-electron chi connectivity index (χ3n) is 8.67. The Morgan fingerprint density at radius 1 is 0.531 bits per heavy atom. The van der Waals surface area contributed by atoms with Crippen LogP contribution in [0.2, 0.25) is 0 Å². The lowest BCUT2D eigenvalue weighted by Gasteiger charge is -2.40. The van der Waals surface area contributed by atoms with Crippen LogP contribution in [0.4, 0.5) is 8.63 Å². The Hall–Kier alpha value is -2.23. The molecule has 0 aliphatic carbocycles. The molecular weight excluding hydrogens is 766 g/mol. The molecule has 0 amide bonds. The van der Waals surface area contributed by atoms with E-state index in [-0.39, 0.29) is 0 Å². The first kappa shape index (κ1) is 33.9. The summed E-state index contributed by atoms with van der Waals surface area (Å²) in [5.74, 6) is 0.819. The van der Waals surface area contributed by atoms with Gasteiger partial charge in [0.25, 0.3) is 0 Å². The Kier molecular flexibility index (Phi) is 9.26. The zero-order valence-corrected chi connectivity index (χ0v) is 33.6. The summed E-state index contributed by atoms with van der Waals surface area (Å²) in [6.07, 6.45) is 8.18. The molecule has 7 aromatic rings.